The molecule has 5 nitrogen and oxygen atoms in total. The summed E-state index contributed by atoms with van der Waals surface area (Å²) >= 11 is 1.12. The molecule has 3 N–H and O–H groups in total. The molecule has 0 radical (unpaired) electrons. The Kier molecular flexibility index (Phi) is 4.86. The first-order chi connectivity index (χ1) is 8.32. The van der Waals surface area contributed by atoms with E-state index in [0.717, 1.165) is 16.9 Å². The molecule has 1 atom stereocenters. The zero-order valence-electron chi connectivity index (χ0n) is 10.9. The number of carboxylic acid groups (broad SMARTS) is 1. The molecule has 0 aromatic carbocycles. The van der Waals surface area contributed by atoms with Gasteiger partial charge >= 0.3 is 5.97 Å². The number of rotatable bonds is 5. The van der Waals surface area contributed by atoms with Gasteiger partial charge in [0.1, 0.15) is 4.88 Å². The average Bonchev–Trinajstić information content (AvgIpc) is 2.59. The van der Waals surface area contributed by atoms with Crippen molar-refractivity contribution in [2.45, 2.75) is 39.8 Å². The van der Waals surface area contributed by atoms with E-state index in [9.17, 15) is 9.59 Å². The number of carbonyl (C=O) groups excluding carboxylic acids is 1. The van der Waals surface area contributed by atoms with Crippen LogP contribution in [0.2, 0.25) is 0 Å². The van der Waals surface area contributed by atoms with Gasteiger partial charge in [-0.05, 0) is 24.8 Å². The van der Waals surface area contributed by atoms with E-state index < -0.39 is 5.97 Å². The molecule has 100 valence electrons. The maximum atomic E-state index is 11.9. The highest BCUT2D eigenvalue weighted by Gasteiger charge is 2.20. The second kappa shape index (κ2) is 5.97. The summed E-state index contributed by atoms with van der Waals surface area (Å²) in [5.74, 6) is -1.25. The van der Waals surface area contributed by atoms with E-state index in [2.05, 4.69) is 10.6 Å². The van der Waals surface area contributed by atoms with Crippen LogP contribution in [0.4, 0.5) is 5.69 Å². The van der Waals surface area contributed by atoms with Crippen molar-refractivity contribution < 1.29 is 14.7 Å². The standard InChI is InChI=1S/C12H18N2O3S/c1-6(2)13-8(4)11(15)14-9-7(3)5-18-10(9)12(16)17/h5-6,8,13H,1-4H3,(H,14,15)(H,16,17). The fraction of sp³-hybridized carbons (Fsp3) is 0.500. The minimum absolute atomic E-state index is 0.164. The topological polar surface area (TPSA) is 78.4 Å². The lowest BCUT2D eigenvalue weighted by Crippen LogP contribution is -2.41. The van der Waals surface area contributed by atoms with Crippen molar-refractivity contribution in [3.05, 3.63) is 15.8 Å². The van der Waals surface area contributed by atoms with E-state index in [1.165, 1.54) is 0 Å². The van der Waals surface area contributed by atoms with Gasteiger partial charge in [0.2, 0.25) is 5.91 Å². The zero-order valence-corrected chi connectivity index (χ0v) is 11.7. The van der Waals surface area contributed by atoms with E-state index in [1.54, 1.807) is 19.2 Å². The van der Waals surface area contributed by atoms with Crippen molar-refractivity contribution in [3.63, 3.8) is 0 Å². The summed E-state index contributed by atoms with van der Waals surface area (Å²) in [6.07, 6.45) is 0. The second-order valence-corrected chi connectivity index (χ2v) is 5.34. The molecule has 0 aliphatic rings. The molecule has 1 amide bonds. The normalized spacial score (nSPS) is 12.5. The number of hydrogen-bond donors (Lipinski definition) is 3. The van der Waals surface area contributed by atoms with Crippen LogP contribution < -0.4 is 10.6 Å². The molecular weight excluding hydrogens is 252 g/mol. The van der Waals surface area contributed by atoms with Crippen molar-refractivity contribution in [1.82, 2.24) is 5.32 Å². The van der Waals surface area contributed by atoms with Crippen LogP contribution in [0, 0.1) is 6.92 Å². The van der Waals surface area contributed by atoms with Crippen LogP contribution in [-0.4, -0.2) is 29.1 Å². The lowest BCUT2D eigenvalue weighted by molar-refractivity contribution is -0.117. The summed E-state index contributed by atoms with van der Waals surface area (Å²) < 4.78 is 0. The first-order valence-corrected chi connectivity index (χ1v) is 6.59. The third kappa shape index (κ3) is 3.54. The lowest BCUT2D eigenvalue weighted by atomic mass is 10.2. The number of aryl methyl sites for hydroxylation is 1. The van der Waals surface area contributed by atoms with Crippen LogP contribution in [0.3, 0.4) is 0 Å². The predicted octanol–water partition coefficient (Wildman–Crippen LogP) is 2.08. The summed E-state index contributed by atoms with van der Waals surface area (Å²) in [4.78, 5) is 23.1. The van der Waals surface area contributed by atoms with Gasteiger partial charge in [-0.25, -0.2) is 4.79 Å². The summed E-state index contributed by atoms with van der Waals surface area (Å²) in [6, 6.07) is -0.181. The number of carbonyl (C=O) groups is 2. The van der Waals surface area contributed by atoms with Gasteiger partial charge in [-0.15, -0.1) is 11.3 Å². The van der Waals surface area contributed by atoms with E-state index in [1.807, 2.05) is 13.8 Å². The van der Waals surface area contributed by atoms with Crippen LogP contribution in [0.15, 0.2) is 5.38 Å². The lowest BCUT2D eigenvalue weighted by Gasteiger charge is -2.16. The first-order valence-electron chi connectivity index (χ1n) is 5.71. The van der Waals surface area contributed by atoms with Crippen LogP contribution in [0.1, 0.15) is 36.0 Å². The van der Waals surface area contributed by atoms with Crippen LogP contribution >= 0.6 is 11.3 Å². The average molecular weight is 270 g/mol. The van der Waals surface area contributed by atoms with Gasteiger partial charge in [-0.2, -0.15) is 0 Å². The minimum Gasteiger partial charge on any atom is -0.477 e. The van der Waals surface area contributed by atoms with Gasteiger partial charge in [-0.3, -0.25) is 4.79 Å². The number of nitrogens with one attached hydrogen (secondary N) is 2. The van der Waals surface area contributed by atoms with Gasteiger partial charge in [-0.1, -0.05) is 13.8 Å². The Morgan fingerprint density at radius 2 is 1.94 bits per heavy atom. The summed E-state index contributed by atoms with van der Waals surface area (Å²) in [6.45, 7) is 7.42. The smallest absolute Gasteiger partial charge is 0.348 e. The molecule has 0 bridgehead atoms. The molecule has 1 aromatic rings. The number of thiophene rings is 1. The number of carboxylic acids is 1. The second-order valence-electron chi connectivity index (χ2n) is 4.46. The van der Waals surface area contributed by atoms with Gasteiger partial charge in [0.05, 0.1) is 11.7 Å². The highest BCUT2D eigenvalue weighted by molar-refractivity contribution is 7.12. The number of anilines is 1. The molecule has 0 spiro atoms. The molecule has 6 heteroatoms. The predicted molar refractivity (Wildman–Crippen MR) is 72.4 cm³/mol. The number of aromatic carboxylic acids is 1. The van der Waals surface area contributed by atoms with Gasteiger partial charge in [0.25, 0.3) is 0 Å². The van der Waals surface area contributed by atoms with E-state index in [4.69, 9.17) is 5.11 Å². The number of hydrogen-bond acceptors (Lipinski definition) is 4. The third-order valence-corrected chi connectivity index (χ3v) is 3.48. The Morgan fingerprint density at radius 3 is 2.44 bits per heavy atom. The molecule has 1 heterocycles. The summed E-state index contributed by atoms with van der Waals surface area (Å²) in [5.41, 5.74) is 1.16. The Labute approximate surface area is 110 Å². The van der Waals surface area contributed by atoms with Gasteiger partial charge < -0.3 is 15.7 Å². The van der Waals surface area contributed by atoms with Crippen molar-refractivity contribution in [1.29, 1.82) is 0 Å². The maximum Gasteiger partial charge on any atom is 0.348 e. The first kappa shape index (κ1) is 14.7. The molecule has 0 saturated carbocycles. The Balaban J connectivity index is 2.81. The fourth-order valence-electron chi connectivity index (χ4n) is 1.56. The monoisotopic (exact) mass is 270 g/mol. The van der Waals surface area contributed by atoms with Crippen molar-refractivity contribution in [3.8, 4) is 0 Å². The zero-order chi connectivity index (χ0) is 13.9. The Hall–Kier alpha value is -1.40. The SMILES string of the molecule is Cc1csc(C(=O)O)c1NC(=O)C(C)NC(C)C. The van der Waals surface area contributed by atoms with Crippen molar-refractivity contribution in [2.24, 2.45) is 0 Å². The summed E-state index contributed by atoms with van der Waals surface area (Å²) in [5, 5.41) is 16.5. The third-order valence-electron chi connectivity index (χ3n) is 2.39. The molecule has 0 fully saturated rings. The molecule has 18 heavy (non-hydrogen) atoms. The molecular formula is C12H18N2O3S. The van der Waals surface area contributed by atoms with Crippen LogP contribution in [0.25, 0.3) is 0 Å². The van der Waals surface area contributed by atoms with Crippen molar-refractivity contribution >= 4 is 28.9 Å². The largest absolute Gasteiger partial charge is 0.477 e. The number of amides is 1. The molecule has 0 aliphatic heterocycles. The molecule has 0 aliphatic carbocycles. The quantitative estimate of drug-likeness (QED) is 0.765. The van der Waals surface area contributed by atoms with Gasteiger partial charge in [0.15, 0.2) is 0 Å². The minimum atomic E-state index is -1.02. The Morgan fingerprint density at radius 1 is 1.33 bits per heavy atom. The molecule has 1 unspecified atom stereocenters. The van der Waals surface area contributed by atoms with E-state index >= 15 is 0 Å². The van der Waals surface area contributed by atoms with Crippen molar-refractivity contribution in [2.75, 3.05) is 5.32 Å². The van der Waals surface area contributed by atoms with Gasteiger partial charge in [0, 0.05) is 6.04 Å². The highest BCUT2D eigenvalue weighted by Crippen LogP contribution is 2.27. The Bertz CT molecular complexity index is 454. The van der Waals surface area contributed by atoms with E-state index in [0.29, 0.717) is 5.69 Å². The molecule has 1 aromatic heterocycles. The molecule has 1 rings (SSSR count). The maximum absolute atomic E-state index is 11.9. The molecule has 0 saturated heterocycles. The van der Waals surface area contributed by atoms with E-state index in [-0.39, 0.29) is 22.9 Å². The fourth-order valence-corrected chi connectivity index (χ4v) is 2.41. The highest BCUT2D eigenvalue weighted by atomic mass is 32.1. The summed E-state index contributed by atoms with van der Waals surface area (Å²) in [7, 11) is 0. The van der Waals surface area contributed by atoms with Crippen LogP contribution in [0.5, 0.6) is 0 Å². The van der Waals surface area contributed by atoms with Crippen LogP contribution in [-0.2, 0) is 4.79 Å².